The highest BCUT2D eigenvalue weighted by molar-refractivity contribution is 5.83. The van der Waals surface area contributed by atoms with Crippen LogP contribution < -0.4 is 15.8 Å². The molecule has 0 amide bonds. The first-order valence-electron chi connectivity index (χ1n) is 11.1. The third-order valence-electron chi connectivity index (χ3n) is 5.89. The quantitative estimate of drug-likeness (QED) is 0.457. The van der Waals surface area contributed by atoms with E-state index in [2.05, 4.69) is 26.2 Å². The zero-order chi connectivity index (χ0) is 24.4. The highest BCUT2D eigenvalue weighted by Crippen LogP contribution is 2.29. The van der Waals surface area contributed by atoms with E-state index in [4.69, 9.17) is 9.97 Å². The first-order chi connectivity index (χ1) is 17.0. The molecule has 1 saturated heterocycles. The molecular weight excluding hydrogens is 452 g/mol. The molecule has 2 aromatic carbocycles. The number of halogens is 2. The van der Waals surface area contributed by atoms with Crippen LogP contribution in [0, 0.1) is 23.0 Å². The van der Waals surface area contributed by atoms with E-state index in [0.717, 1.165) is 12.1 Å². The lowest BCUT2D eigenvalue weighted by molar-refractivity contribution is 0.246. The van der Waals surface area contributed by atoms with Crippen LogP contribution in [0.3, 0.4) is 0 Å². The van der Waals surface area contributed by atoms with Gasteiger partial charge in [0.15, 0.2) is 11.6 Å². The Labute approximate surface area is 199 Å². The largest absolute Gasteiger partial charge is 0.351 e. The van der Waals surface area contributed by atoms with Crippen molar-refractivity contribution < 1.29 is 8.78 Å². The minimum Gasteiger partial charge on any atom is -0.351 e. The van der Waals surface area contributed by atoms with Crippen molar-refractivity contribution in [3.8, 4) is 6.07 Å². The lowest BCUT2D eigenvalue weighted by Crippen LogP contribution is -2.46. The number of pyridine rings is 1. The summed E-state index contributed by atoms with van der Waals surface area (Å²) < 4.78 is 27.6. The summed E-state index contributed by atoms with van der Waals surface area (Å²) in [7, 11) is 0. The Bertz CT molecular complexity index is 1490. The monoisotopic (exact) mass is 473 g/mol. The molecular formula is C25H21F2N7O. The standard InChI is InChI=1S/C25H21F2N7O/c26-18-2-3-20(27)17(12-18)15-33-7-9-34(10-8-33)25-24(30-19-5-6-29-23(35)13-19)31-21-4-1-16(14-28)11-22(21)32-25/h1-6,11-13H,7-10,15H2,(H2,29,30,31,35). The summed E-state index contributed by atoms with van der Waals surface area (Å²) in [5.41, 5.74) is 2.32. The van der Waals surface area contributed by atoms with Crippen molar-refractivity contribution in [2.45, 2.75) is 6.54 Å². The van der Waals surface area contributed by atoms with Gasteiger partial charge in [-0.15, -0.1) is 0 Å². The maximum atomic E-state index is 14.1. The van der Waals surface area contributed by atoms with E-state index in [1.807, 2.05) is 0 Å². The number of aromatic amines is 1. The summed E-state index contributed by atoms with van der Waals surface area (Å²) in [6.45, 7) is 2.69. The Balaban J connectivity index is 1.42. The van der Waals surface area contributed by atoms with Gasteiger partial charge in [0, 0.05) is 56.2 Å². The fourth-order valence-electron chi connectivity index (χ4n) is 4.10. The molecule has 1 fully saturated rings. The highest BCUT2D eigenvalue weighted by atomic mass is 19.1. The average Bonchev–Trinajstić information content (AvgIpc) is 2.86. The number of hydrogen-bond donors (Lipinski definition) is 2. The van der Waals surface area contributed by atoms with Crippen molar-refractivity contribution in [3.05, 3.63) is 87.8 Å². The van der Waals surface area contributed by atoms with Crippen LogP contribution in [0.4, 0.5) is 26.1 Å². The third-order valence-corrected chi connectivity index (χ3v) is 5.89. The Hall–Kier alpha value is -4.36. The van der Waals surface area contributed by atoms with Crippen LogP contribution in [0.2, 0.25) is 0 Å². The molecule has 176 valence electrons. The maximum absolute atomic E-state index is 14.1. The lowest BCUT2D eigenvalue weighted by atomic mass is 10.1. The molecule has 8 nitrogen and oxygen atoms in total. The SMILES string of the molecule is N#Cc1ccc2nc(Nc3cc[nH]c(=O)c3)c(N3CCN(Cc4cc(F)ccc4F)CC3)nc2c1. The number of benzene rings is 2. The number of piperazine rings is 1. The molecule has 0 spiro atoms. The summed E-state index contributed by atoms with van der Waals surface area (Å²) in [6, 6.07) is 13.9. The number of fused-ring (bicyclic) bond motifs is 1. The average molecular weight is 473 g/mol. The molecule has 0 unspecified atom stereocenters. The molecule has 10 heteroatoms. The molecule has 35 heavy (non-hydrogen) atoms. The van der Waals surface area contributed by atoms with E-state index in [1.165, 1.54) is 12.1 Å². The number of H-pyrrole nitrogens is 1. The van der Waals surface area contributed by atoms with Gasteiger partial charge in [-0.2, -0.15) is 5.26 Å². The highest BCUT2D eigenvalue weighted by Gasteiger charge is 2.23. The Morgan fingerprint density at radius 2 is 1.83 bits per heavy atom. The van der Waals surface area contributed by atoms with E-state index in [0.29, 0.717) is 72.2 Å². The van der Waals surface area contributed by atoms with Gasteiger partial charge in [-0.05, 0) is 42.5 Å². The number of nitrogens with one attached hydrogen (secondary N) is 2. The van der Waals surface area contributed by atoms with Gasteiger partial charge >= 0.3 is 0 Å². The molecule has 0 atom stereocenters. The van der Waals surface area contributed by atoms with Crippen LogP contribution in [-0.4, -0.2) is 46.0 Å². The molecule has 4 aromatic rings. The van der Waals surface area contributed by atoms with Gasteiger partial charge in [-0.1, -0.05) is 0 Å². The summed E-state index contributed by atoms with van der Waals surface area (Å²) in [5.74, 6) is 0.187. The summed E-state index contributed by atoms with van der Waals surface area (Å²) in [5, 5.41) is 12.5. The van der Waals surface area contributed by atoms with E-state index in [1.54, 1.807) is 30.5 Å². The van der Waals surface area contributed by atoms with E-state index in [9.17, 15) is 18.8 Å². The van der Waals surface area contributed by atoms with Gasteiger partial charge in [-0.3, -0.25) is 9.69 Å². The van der Waals surface area contributed by atoms with Gasteiger partial charge in [0.05, 0.1) is 22.7 Å². The van der Waals surface area contributed by atoms with Crippen molar-refractivity contribution >= 4 is 28.4 Å². The maximum Gasteiger partial charge on any atom is 0.249 e. The number of anilines is 3. The molecule has 1 aliphatic heterocycles. The van der Waals surface area contributed by atoms with Crippen molar-refractivity contribution in [3.63, 3.8) is 0 Å². The molecule has 0 aliphatic carbocycles. The van der Waals surface area contributed by atoms with Crippen LogP contribution in [-0.2, 0) is 6.54 Å². The molecule has 1 aliphatic rings. The number of aromatic nitrogens is 3. The minimum absolute atomic E-state index is 0.248. The molecule has 5 rings (SSSR count). The predicted molar refractivity (Wildman–Crippen MR) is 128 cm³/mol. The lowest BCUT2D eigenvalue weighted by Gasteiger charge is -2.36. The Morgan fingerprint density at radius 1 is 1.00 bits per heavy atom. The van der Waals surface area contributed by atoms with Crippen molar-refractivity contribution in [2.75, 3.05) is 36.4 Å². The fraction of sp³-hybridized carbons (Fsp3) is 0.200. The Kier molecular flexibility index (Phi) is 6.08. The molecule has 0 bridgehead atoms. The van der Waals surface area contributed by atoms with Crippen molar-refractivity contribution in [2.24, 2.45) is 0 Å². The first-order valence-corrected chi connectivity index (χ1v) is 11.1. The van der Waals surface area contributed by atoms with Crippen LogP contribution >= 0.6 is 0 Å². The van der Waals surface area contributed by atoms with Gasteiger partial charge in [0.25, 0.3) is 0 Å². The minimum atomic E-state index is -0.460. The smallest absolute Gasteiger partial charge is 0.249 e. The number of hydrogen-bond acceptors (Lipinski definition) is 7. The van der Waals surface area contributed by atoms with E-state index >= 15 is 0 Å². The predicted octanol–water partition coefficient (Wildman–Crippen LogP) is 3.53. The van der Waals surface area contributed by atoms with E-state index in [-0.39, 0.29) is 5.56 Å². The topological polar surface area (TPSA) is 101 Å². The van der Waals surface area contributed by atoms with Crippen LogP contribution in [0.1, 0.15) is 11.1 Å². The van der Waals surface area contributed by atoms with Crippen molar-refractivity contribution in [1.29, 1.82) is 5.26 Å². The van der Waals surface area contributed by atoms with Gasteiger partial charge in [-0.25, -0.2) is 18.7 Å². The van der Waals surface area contributed by atoms with Crippen LogP contribution in [0.15, 0.2) is 59.5 Å². The summed E-state index contributed by atoms with van der Waals surface area (Å²) >= 11 is 0. The van der Waals surface area contributed by atoms with Gasteiger partial charge in [0.2, 0.25) is 5.56 Å². The second-order valence-corrected chi connectivity index (χ2v) is 8.28. The molecule has 2 N–H and O–H groups in total. The molecule has 0 radical (unpaired) electrons. The summed E-state index contributed by atoms with van der Waals surface area (Å²) in [6.07, 6.45) is 1.54. The second kappa shape index (κ2) is 9.48. The van der Waals surface area contributed by atoms with Crippen LogP contribution in [0.25, 0.3) is 11.0 Å². The van der Waals surface area contributed by atoms with Crippen LogP contribution in [0.5, 0.6) is 0 Å². The number of nitrogens with zero attached hydrogens (tertiary/aromatic N) is 5. The van der Waals surface area contributed by atoms with Crippen molar-refractivity contribution in [1.82, 2.24) is 19.9 Å². The molecule has 3 heterocycles. The van der Waals surface area contributed by atoms with Gasteiger partial charge < -0.3 is 15.2 Å². The molecule has 0 saturated carbocycles. The normalized spacial score (nSPS) is 14.1. The first kappa shape index (κ1) is 22.4. The molecule has 2 aromatic heterocycles. The second-order valence-electron chi connectivity index (χ2n) is 8.28. The summed E-state index contributed by atoms with van der Waals surface area (Å²) in [4.78, 5) is 28.0. The fourth-order valence-corrected chi connectivity index (χ4v) is 4.10. The zero-order valence-corrected chi connectivity index (χ0v) is 18.6. The van der Waals surface area contributed by atoms with Gasteiger partial charge in [0.1, 0.15) is 11.6 Å². The zero-order valence-electron chi connectivity index (χ0n) is 18.6. The van der Waals surface area contributed by atoms with E-state index < -0.39 is 11.6 Å². The third kappa shape index (κ3) is 4.95. The number of nitriles is 1. The Morgan fingerprint density at radius 3 is 2.60 bits per heavy atom. The number of rotatable bonds is 5.